The van der Waals surface area contributed by atoms with Crippen LogP contribution in [0.1, 0.15) is 30.3 Å². The third-order valence-corrected chi connectivity index (χ3v) is 5.18. The van der Waals surface area contributed by atoms with E-state index < -0.39 is 0 Å². The second kappa shape index (κ2) is 7.67. The van der Waals surface area contributed by atoms with Crippen LogP contribution in [0.3, 0.4) is 0 Å². The quantitative estimate of drug-likeness (QED) is 0.684. The highest BCUT2D eigenvalue weighted by atomic mass is 32.1. The Balaban J connectivity index is 1.56. The number of anilines is 2. The summed E-state index contributed by atoms with van der Waals surface area (Å²) in [6.07, 6.45) is 11.9. The lowest BCUT2D eigenvalue weighted by Crippen LogP contribution is -2.30. The zero-order valence-electron chi connectivity index (χ0n) is 14.8. The molecule has 138 valence electrons. The first-order chi connectivity index (χ1) is 13.2. The molecule has 1 fully saturated rings. The van der Waals surface area contributed by atoms with Gasteiger partial charge in [-0.3, -0.25) is 14.5 Å². The van der Waals surface area contributed by atoms with Crippen LogP contribution in [0.2, 0.25) is 0 Å². The van der Waals surface area contributed by atoms with E-state index in [-0.39, 0.29) is 11.9 Å². The number of hydrogen-bond donors (Lipinski definition) is 1. The van der Waals surface area contributed by atoms with E-state index >= 15 is 0 Å². The molecule has 0 aliphatic carbocycles. The molecule has 1 aliphatic rings. The van der Waals surface area contributed by atoms with Crippen LogP contribution in [0.5, 0.6) is 0 Å². The Kier molecular flexibility index (Phi) is 4.93. The minimum Gasteiger partial charge on any atom is -0.330 e. The molecule has 1 amide bonds. The molecule has 0 saturated carbocycles. The summed E-state index contributed by atoms with van der Waals surface area (Å²) in [5, 5.41) is 9.98. The zero-order chi connectivity index (χ0) is 18.6. The maximum absolute atomic E-state index is 12.8. The lowest BCUT2D eigenvalue weighted by atomic mass is 10.1. The van der Waals surface area contributed by atoms with Crippen LogP contribution in [0.4, 0.5) is 10.9 Å². The van der Waals surface area contributed by atoms with Crippen molar-refractivity contribution in [3.05, 3.63) is 53.7 Å². The van der Waals surface area contributed by atoms with Crippen LogP contribution in [-0.2, 0) is 11.8 Å². The molecule has 0 radical (unpaired) electrons. The van der Waals surface area contributed by atoms with Crippen LogP contribution in [0.25, 0.3) is 6.08 Å². The SMILES string of the molecule is Cn1nccc1C=CC(=O)N1CCCC1c1nccnc1Nc1nccs1. The van der Waals surface area contributed by atoms with Crippen LogP contribution in [0, 0.1) is 0 Å². The fourth-order valence-corrected chi connectivity index (χ4v) is 3.72. The smallest absolute Gasteiger partial charge is 0.247 e. The van der Waals surface area contributed by atoms with Crippen molar-refractivity contribution in [1.82, 2.24) is 29.6 Å². The molecular weight excluding hydrogens is 362 g/mol. The summed E-state index contributed by atoms with van der Waals surface area (Å²) in [5.74, 6) is 0.609. The zero-order valence-corrected chi connectivity index (χ0v) is 15.6. The molecular formula is C18H19N7OS. The van der Waals surface area contributed by atoms with Crippen molar-refractivity contribution in [2.45, 2.75) is 18.9 Å². The monoisotopic (exact) mass is 381 g/mol. The number of aryl methyl sites for hydroxylation is 1. The molecule has 1 atom stereocenters. The highest BCUT2D eigenvalue weighted by molar-refractivity contribution is 7.13. The molecule has 27 heavy (non-hydrogen) atoms. The highest BCUT2D eigenvalue weighted by Crippen LogP contribution is 2.35. The van der Waals surface area contributed by atoms with Crippen molar-refractivity contribution >= 4 is 34.3 Å². The Bertz CT molecular complexity index is 950. The van der Waals surface area contributed by atoms with Gasteiger partial charge in [0.25, 0.3) is 0 Å². The standard InChI is InChI=1S/C18H19N7OS/c1-24-13(6-7-22-24)4-5-15(26)25-11-2-3-14(25)16-17(20-9-8-19-16)23-18-21-10-12-27-18/h4-10,12,14H,2-3,11H2,1H3,(H,20,21,23). The molecule has 3 aromatic heterocycles. The van der Waals surface area contributed by atoms with Gasteiger partial charge >= 0.3 is 0 Å². The molecule has 4 rings (SSSR count). The van der Waals surface area contributed by atoms with Crippen LogP contribution in [0.15, 0.2) is 42.3 Å². The van der Waals surface area contributed by atoms with Gasteiger partial charge < -0.3 is 10.2 Å². The number of rotatable bonds is 5. The topological polar surface area (TPSA) is 88.8 Å². The predicted octanol–water partition coefficient (Wildman–Crippen LogP) is 2.79. The summed E-state index contributed by atoms with van der Waals surface area (Å²) in [6, 6.07) is 1.76. The number of carbonyl (C=O) groups excluding carboxylic acids is 1. The predicted molar refractivity (Wildman–Crippen MR) is 103 cm³/mol. The molecule has 9 heteroatoms. The van der Waals surface area contributed by atoms with Crippen molar-refractivity contribution in [3.63, 3.8) is 0 Å². The highest BCUT2D eigenvalue weighted by Gasteiger charge is 2.32. The minimum absolute atomic E-state index is 0.0375. The first-order valence-corrected chi connectivity index (χ1v) is 9.54. The minimum atomic E-state index is -0.107. The Labute approximate surface area is 160 Å². The van der Waals surface area contributed by atoms with E-state index in [0.29, 0.717) is 12.4 Å². The van der Waals surface area contributed by atoms with Gasteiger partial charge in [0.2, 0.25) is 5.91 Å². The molecule has 0 bridgehead atoms. The average molecular weight is 381 g/mol. The van der Waals surface area contributed by atoms with Gasteiger partial charge in [-0.2, -0.15) is 5.10 Å². The molecule has 0 spiro atoms. The van der Waals surface area contributed by atoms with Crippen LogP contribution >= 0.6 is 11.3 Å². The van der Waals surface area contributed by atoms with E-state index in [2.05, 4.69) is 25.4 Å². The lowest BCUT2D eigenvalue weighted by molar-refractivity contribution is -0.126. The number of carbonyl (C=O) groups is 1. The van der Waals surface area contributed by atoms with E-state index in [1.165, 1.54) is 11.3 Å². The lowest BCUT2D eigenvalue weighted by Gasteiger charge is -2.24. The second-order valence-corrected chi connectivity index (χ2v) is 7.05. The summed E-state index contributed by atoms with van der Waals surface area (Å²) in [6.45, 7) is 0.701. The average Bonchev–Trinajstić information content (AvgIpc) is 3.42. The van der Waals surface area contributed by atoms with Crippen molar-refractivity contribution in [2.24, 2.45) is 7.05 Å². The molecule has 4 heterocycles. The molecule has 3 aromatic rings. The van der Waals surface area contributed by atoms with Crippen molar-refractivity contribution in [3.8, 4) is 0 Å². The van der Waals surface area contributed by atoms with Gasteiger partial charge in [0.15, 0.2) is 10.9 Å². The maximum Gasteiger partial charge on any atom is 0.247 e. The molecule has 1 aliphatic heterocycles. The molecule has 1 unspecified atom stereocenters. The van der Waals surface area contributed by atoms with Gasteiger partial charge in [0.1, 0.15) is 5.69 Å². The summed E-state index contributed by atoms with van der Waals surface area (Å²) >= 11 is 1.49. The summed E-state index contributed by atoms with van der Waals surface area (Å²) < 4.78 is 1.73. The Morgan fingerprint density at radius 3 is 2.93 bits per heavy atom. The van der Waals surface area contributed by atoms with Crippen molar-refractivity contribution in [2.75, 3.05) is 11.9 Å². The first kappa shape index (κ1) is 17.3. The van der Waals surface area contributed by atoms with E-state index in [4.69, 9.17) is 0 Å². The first-order valence-electron chi connectivity index (χ1n) is 8.66. The number of aromatic nitrogens is 5. The summed E-state index contributed by atoms with van der Waals surface area (Å²) in [4.78, 5) is 27.8. The fourth-order valence-electron chi connectivity index (χ4n) is 3.19. The van der Waals surface area contributed by atoms with E-state index in [0.717, 1.165) is 29.4 Å². The second-order valence-electron chi connectivity index (χ2n) is 6.16. The number of hydrogen-bond acceptors (Lipinski definition) is 7. The van der Waals surface area contributed by atoms with Gasteiger partial charge in [-0.05, 0) is 25.0 Å². The van der Waals surface area contributed by atoms with Crippen molar-refractivity contribution in [1.29, 1.82) is 0 Å². The molecule has 1 saturated heterocycles. The fraction of sp³-hybridized carbons (Fsp3) is 0.278. The van der Waals surface area contributed by atoms with Crippen molar-refractivity contribution < 1.29 is 4.79 Å². The Hall–Kier alpha value is -3.07. The molecule has 1 N–H and O–H groups in total. The van der Waals surface area contributed by atoms with Gasteiger partial charge in [0, 0.05) is 49.8 Å². The third-order valence-electron chi connectivity index (χ3n) is 4.49. The van der Waals surface area contributed by atoms with Gasteiger partial charge in [0.05, 0.1) is 11.7 Å². The van der Waals surface area contributed by atoms with Gasteiger partial charge in [-0.1, -0.05) is 0 Å². The number of nitrogens with one attached hydrogen (secondary N) is 1. The van der Waals surface area contributed by atoms with Crippen LogP contribution in [-0.4, -0.2) is 42.1 Å². The number of thiazole rings is 1. The summed E-state index contributed by atoms with van der Waals surface area (Å²) in [7, 11) is 1.85. The molecule has 8 nitrogen and oxygen atoms in total. The normalized spacial score (nSPS) is 16.9. The van der Waals surface area contributed by atoms with E-state index in [1.54, 1.807) is 41.6 Å². The third kappa shape index (κ3) is 3.72. The number of amides is 1. The van der Waals surface area contributed by atoms with Crippen LogP contribution < -0.4 is 5.32 Å². The van der Waals surface area contributed by atoms with E-state index in [1.807, 2.05) is 23.4 Å². The number of likely N-dealkylation sites (tertiary alicyclic amines) is 1. The molecule has 0 aromatic carbocycles. The maximum atomic E-state index is 12.8. The number of nitrogens with zero attached hydrogens (tertiary/aromatic N) is 6. The summed E-state index contributed by atoms with van der Waals surface area (Å²) in [5.41, 5.74) is 1.65. The Morgan fingerprint density at radius 1 is 1.26 bits per heavy atom. The van der Waals surface area contributed by atoms with Gasteiger partial charge in [-0.25, -0.2) is 9.97 Å². The Morgan fingerprint density at radius 2 is 2.15 bits per heavy atom. The largest absolute Gasteiger partial charge is 0.330 e. The van der Waals surface area contributed by atoms with E-state index in [9.17, 15) is 4.79 Å². The van der Waals surface area contributed by atoms with Gasteiger partial charge in [-0.15, -0.1) is 11.3 Å².